The van der Waals surface area contributed by atoms with Gasteiger partial charge in [0.2, 0.25) is 11.8 Å². The fourth-order valence-electron chi connectivity index (χ4n) is 4.54. The van der Waals surface area contributed by atoms with Gasteiger partial charge < -0.3 is 19.8 Å². The Labute approximate surface area is 210 Å². The van der Waals surface area contributed by atoms with Crippen LogP contribution in [0.1, 0.15) is 53.4 Å². The normalized spacial score (nSPS) is 14.2. The van der Waals surface area contributed by atoms with Crippen molar-refractivity contribution in [1.29, 1.82) is 0 Å². The molecule has 0 radical (unpaired) electrons. The molecule has 4 rings (SSSR count). The van der Waals surface area contributed by atoms with Crippen LogP contribution in [0.4, 0.5) is 5.69 Å². The summed E-state index contributed by atoms with van der Waals surface area (Å²) in [5, 5.41) is 5.77. The molecule has 1 aliphatic rings. The highest BCUT2D eigenvalue weighted by atomic mass is 16.5. The van der Waals surface area contributed by atoms with Gasteiger partial charge in [0.15, 0.2) is 5.76 Å². The van der Waals surface area contributed by atoms with Crippen molar-refractivity contribution in [3.63, 3.8) is 0 Å². The van der Waals surface area contributed by atoms with E-state index >= 15 is 0 Å². The second kappa shape index (κ2) is 11.6. The molecule has 2 aromatic carbocycles. The number of carbonyl (C=O) groups excluding carboxylic acids is 3. The number of furan rings is 1. The number of nitrogens with zero attached hydrogens (tertiary/aromatic N) is 1. The predicted molar refractivity (Wildman–Crippen MR) is 136 cm³/mol. The number of anilines is 1. The van der Waals surface area contributed by atoms with Gasteiger partial charge in [-0.05, 0) is 61.2 Å². The first-order valence-corrected chi connectivity index (χ1v) is 12.1. The Kier molecular flexibility index (Phi) is 8.05. The zero-order chi connectivity index (χ0) is 25.5. The number of para-hydroxylation sites is 1. The SMILES string of the molecule is COc1ccc([C@H](C(=O)NC2CCCC2)N(C(=O)CNC(=O)c2ccco2)c2ccccc2C)cc1. The largest absolute Gasteiger partial charge is 0.497 e. The zero-order valence-corrected chi connectivity index (χ0v) is 20.5. The predicted octanol–water partition coefficient (Wildman–Crippen LogP) is 4.16. The summed E-state index contributed by atoms with van der Waals surface area (Å²) in [5.41, 5.74) is 2.06. The van der Waals surface area contributed by atoms with E-state index in [2.05, 4.69) is 10.6 Å². The van der Waals surface area contributed by atoms with Crippen molar-refractivity contribution in [3.8, 4) is 5.75 Å². The molecule has 0 unspecified atom stereocenters. The third-order valence-electron chi connectivity index (χ3n) is 6.43. The second-order valence-electron chi connectivity index (χ2n) is 8.88. The molecule has 8 nitrogen and oxygen atoms in total. The van der Waals surface area contributed by atoms with Gasteiger partial charge in [0.1, 0.15) is 11.8 Å². The van der Waals surface area contributed by atoms with Crippen molar-refractivity contribution in [2.45, 2.75) is 44.7 Å². The van der Waals surface area contributed by atoms with Gasteiger partial charge >= 0.3 is 0 Å². The Bertz CT molecular complexity index is 1180. The van der Waals surface area contributed by atoms with Crippen LogP contribution in [0, 0.1) is 6.92 Å². The maximum Gasteiger partial charge on any atom is 0.287 e. The van der Waals surface area contributed by atoms with Crippen molar-refractivity contribution in [1.82, 2.24) is 10.6 Å². The van der Waals surface area contributed by atoms with Crippen LogP contribution in [0.5, 0.6) is 5.75 Å². The van der Waals surface area contributed by atoms with Crippen molar-refractivity contribution < 1.29 is 23.5 Å². The van der Waals surface area contributed by atoms with Crippen LogP contribution in [0.15, 0.2) is 71.3 Å². The van der Waals surface area contributed by atoms with E-state index in [-0.39, 0.29) is 24.3 Å². The van der Waals surface area contributed by atoms with Crippen LogP contribution in [0.2, 0.25) is 0 Å². The number of aryl methyl sites for hydroxylation is 1. The Morgan fingerprint density at radius 1 is 1.03 bits per heavy atom. The summed E-state index contributed by atoms with van der Waals surface area (Å²) in [6.45, 7) is 1.58. The molecule has 0 aliphatic heterocycles. The molecule has 1 saturated carbocycles. The minimum Gasteiger partial charge on any atom is -0.497 e. The molecule has 1 heterocycles. The van der Waals surface area contributed by atoms with E-state index in [1.54, 1.807) is 43.5 Å². The maximum absolute atomic E-state index is 13.8. The van der Waals surface area contributed by atoms with E-state index in [9.17, 15) is 14.4 Å². The lowest BCUT2D eigenvalue weighted by Gasteiger charge is -2.33. The van der Waals surface area contributed by atoms with Crippen LogP contribution < -0.4 is 20.3 Å². The maximum atomic E-state index is 13.8. The molecule has 2 N–H and O–H groups in total. The van der Waals surface area contributed by atoms with Crippen LogP contribution in [0.25, 0.3) is 0 Å². The monoisotopic (exact) mass is 489 g/mol. The number of hydrogen-bond acceptors (Lipinski definition) is 5. The van der Waals surface area contributed by atoms with Gasteiger partial charge in [0.05, 0.1) is 19.9 Å². The van der Waals surface area contributed by atoms with Gasteiger partial charge in [-0.15, -0.1) is 0 Å². The van der Waals surface area contributed by atoms with Gasteiger partial charge in [-0.1, -0.05) is 43.2 Å². The number of carbonyl (C=O) groups is 3. The van der Waals surface area contributed by atoms with Crippen molar-refractivity contribution in [3.05, 3.63) is 83.8 Å². The molecule has 188 valence electrons. The van der Waals surface area contributed by atoms with E-state index in [0.717, 1.165) is 31.2 Å². The average Bonchev–Trinajstić information content (AvgIpc) is 3.61. The highest BCUT2D eigenvalue weighted by Gasteiger charge is 2.35. The van der Waals surface area contributed by atoms with Crippen LogP contribution in [0.3, 0.4) is 0 Å². The van der Waals surface area contributed by atoms with Crippen LogP contribution >= 0.6 is 0 Å². The van der Waals surface area contributed by atoms with Gasteiger partial charge in [-0.3, -0.25) is 19.3 Å². The molecule has 3 aromatic rings. The summed E-state index contributed by atoms with van der Waals surface area (Å²) in [6.07, 6.45) is 5.36. The summed E-state index contributed by atoms with van der Waals surface area (Å²) >= 11 is 0. The molecule has 1 aliphatic carbocycles. The summed E-state index contributed by atoms with van der Waals surface area (Å²) in [4.78, 5) is 41.4. The van der Waals surface area contributed by atoms with Crippen molar-refractivity contribution >= 4 is 23.4 Å². The van der Waals surface area contributed by atoms with Crippen LogP contribution in [-0.4, -0.2) is 37.4 Å². The van der Waals surface area contributed by atoms with E-state index in [1.165, 1.54) is 17.2 Å². The Hall–Kier alpha value is -4.07. The molecule has 1 aromatic heterocycles. The topological polar surface area (TPSA) is 101 Å². The highest BCUT2D eigenvalue weighted by molar-refractivity contribution is 6.04. The molecule has 8 heteroatoms. The smallest absolute Gasteiger partial charge is 0.287 e. The minimum atomic E-state index is -0.939. The zero-order valence-electron chi connectivity index (χ0n) is 20.5. The molecule has 0 bridgehead atoms. The molecule has 36 heavy (non-hydrogen) atoms. The molecule has 0 saturated heterocycles. The quantitative estimate of drug-likeness (QED) is 0.470. The lowest BCUT2D eigenvalue weighted by molar-refractivity contribution is -0.126. The van der Waals surface area contributed by atoms with Gasteiger partial charge in [0, 0.05) is 11.7 Å². The Balaban J connectivity index is 1.70. The van der Waals surface area contributed by atoms with E-state index in [1.807, 2.05) is 25.1 Å². The molecule has 1 atom stereocenters. The Morgan fingerprint density at radius 2 is 1.75 bits per heavy atom. The highest BCUT2D eigenvalue weighted by Crippen LogP contribution is 2.32. The van der Waals surface area contributed by atoms with Crippen molar-refractivity contribution in [2.75, 3.05) is 18.6 Å². The van der Waals surface area contributed by atoms with Crippen LogP contribution in [-0.2, 0) is 9.59 Å². The first kappa shape index (κ1) is 25.0. The molecule has 3 amide bonds. The number of benzene rings is 2. The third kappa shape index (κ3) is 5.76. The number of rotatable bonds is 9. The van der Waals surface area contributed by atoms with Gasteiger partial charge in [-0.2, -0.15) is 0 Å². The van der Waals surface area contributed by atoms with Crippen molar-refractivity contribution in [2.24, 2.45) is 0 Å². The number of amides is 3. The average molecular weight is 490 g/mol. The summed E-state index contributed by atoms with van der Waals surface area (Å²) in [7, 11) is 1.57. The second-order valence-corrected chi connectivity index (χ2v) is 8.88. The molecular formula is C28H31N3O5. The first-order valence-electron chi connectivity index (χ1n) is 12.1. The number of hydrogen-bond donors (Lipinski definition) is 2. The summed E-state index contributed by atoms with van der Waals surface area (Å²) in [6, 6.07) is 16.8. The van der Waals surface area contributed by atoms with E-state index in [0.29, 0.717) is 17.0 Å². The van der Waals surface area contributed by atoms with E-state index in [4.69, 9.17) is 9.15 Å². The number of nitrogens with one attached hydrogen (secondary N) is 2. The molecular weight excluding hydrogens is 458 g/mol. The lowest BCUT2D eigenvalue weighted by Crippen LogP contribution is -2.49. The summed E-state index contributed by atoms with van der Waals surface area (Å²) < 4.78 is 10.4. The summed E-state index contributed by atoms with van der Waals surface area (Å²) in [5.74, 6) is -0.439. The fraction of sp³-hybridized carbons (Fsp3) is 0.321. The molecule has 1 fully saturated rings. The number of ether oxygens (including phenoxy) is 1. The Morgan fingerprint density at radius 3 is 2.39 bits per heavy atom. The van der Waals surface area contributed by atoms with E-state index < -0.39 is 17.9 Å². The first-order chi connectivity index (χ1) is 17.5. The van der Waals surface area contributed by atoms with Gasteiger partial charge in [-0.25, -0.2) is 0 Å². The fourth-order valence-corrected chi connectivity index (χ4v) is 4.54. The molecule has 0 spiro atoms. The number of methoxy groups -OCH3 is 1. The minimum absolute atomic E-state index is 0.0747. The lowest BCUT2D eigenvalue weighted by atomic mass is 10.0. The van der Waals surface area contributed by atoms with Gasteiger partial charge in [0.25, 0.3) is 5.91 Å². The third-order valence-corrected chi connectivity index (χ3v) is 6.43. The standard InChI is InChI=1S/C28H31N3O5/c1-19-8-3-6-11-23(19)31(25(32)18-29-27(33)24-12-7-17-36-24)26(20-13-15-22(35-2)16-14-20)28(34)30-21-9-4-5-10-21/h3,6-8,11-17,21,26H,4-5,9-10,18H2,1-2H3,(H,29,33)(H,30,34)/t26-/m1/s1.